The topological polar surface area (TPSA) is 74.6 Å². The predicted octanol–water partition coefficient (Wildman–Crippen LogP) is 4.88. The van der Waals surface area contributed by atoms with E-state index in [4.69, 9.17) is 0 Å². The van der Waals surface area contributed by atoms with E-state index in [9.17, 15) is 19.8 Å². The van der Waals surface area contributed by atoms with Gasteiger partial charge in [0.2, 0.25) is 0 Å². The van der Waals surface area contributed by atoms with Gasteiger partial charge in [-0.15, -0.1) is 0 Å². The summed E-state index contributed by atoms with van der Waals surface area (Å²) in [4.78, 5) is 23.8. The van der Waals surface area contributed by atoms with Gasteiger partial charge in [0, 0.05) is 8.95 Å². The maximum atomic E-state index is 11.9. The van der Waals surface area contributed by atoms with Crippen LogP contribution in [0, 0.1) is 0 Å². The summed E-state index contributed by atoms with van der Waals surface area (Å²) in [6.45, 7) is 0. The number of aromatic hydroxyl groups is 2. The average Bonchev–Trinajstić information content (AvgIpc) is 2.56. The van der Waals surface area contributed by atoms with Gasteiger partial charge < -0.3 is 10.2 Å². The van der Waals surface area contributed by atoms with Crippen molar-refractivity contribution in [2.75, 3.05) is 0 Å². The highest BCUT2D eigenvalue weighted by atomic mass is 79.9. The van der Waals surface area contributed by atoms with E-state index in [2.05, 4.69) is 31.9 Å². The molecule has 0 aromatic heterocycles. The molecule has 2 aromatic carbocycles. The highest BCUT2D eigenvalue weighted by molar-refractivity contribution is 9.10. The molecule has 0 heterocycles. The Morgan fingerprint density at radius 2 is 1.20 bits per heavy atom. The summed E-state index contributed by atoms with van der Waals surface area (Å²) in [5.74, 6) is -0.517. The number of rotatable bonds is 6. The zero-order valence-electron chi connectivity index (χ0n) is 12.9. The van der Waals surface area contributed by atoms with E-state index < -0.39 is 0 Å². The van der Waals surface area contributed by atoms with Gasteiger partial charge >= 0.3 is 0 Å². The molecule has 0 aliphatic rings. The second-order valence-electron chi connectivity index (χ2n) is 5.19. The molecule has 2 rings (SSSR count). The number of hydrogen-bond acceptors (Lipinski definition) is 4. The van der Waals surface area contributed by atoms with Crippen LogP contribution in [0.1, 0.15) is 17.5 Å². The van der Waals surface area contributed by atoms with E-state index in [-0.39, 0.29) is 29.5 Å². The summed E-state index contributed by atoms with van der Waals surface area (Å²) in [6.07, 6.45) is 5.41. The molecule has 4 nitrogen and oxygen atoms in total. The number of halogens is 2. The highest BCUT2D eigenvalue weighted by Gasteiger charge is 2.05. The fraction of sp³-hybridized carbons (Fsp3) is 0.0526. The van der Waals surface area contributed by atoms with Crippen LogP contribution in [-0.2, 0) is 9.59 Å². The summed E-state index contributed by atoms with van der Waals surface area (Å²) >= 11 is 6.64. The van der Waals surface area contributed by atoms with Gasteiger partial charge in [-0.3, -0.25) is 9.59 Å². The number of phenolic OH excluding ortho intramolecular Hbond substituents is 2. The van der Waals surface area contributed by atoms with Crippen molar-refractivity contribution >= 4 is 55.6 Å². The molecule has 2 aromatic rings. The van der Waals surface area contributed by atoms with Crippen molar-refractivity contribution in [1.82, 2.24) is 0 Å². The maximum absolute atomic E-state index is 11.9. The van der Waals surface area contributed by atoms with Crippen molar-refractivity contribution in [2.24, 2.45) is 0 Å². The van der Waals surface area contributed by atoms with E-state index >= 15 is 0 Å². The minimum atomic E-state index is -0.347. The molecule has 0 aliphatic carbocycles. The predicted molar refractivity (Wildman–Crippen MR) is 104 cm³/mol. The van der Waals surface area contributed by atoms with Gasteiger partial charge in [0.25, 0.3) is 0 Å². The van der Waals surface area contributed by atoms with Crippen LogP contribution in [-0.4, -0.2) is 21.8 Å². The van der Waals surface area contributed by atoms with Crippen molar-refractivity contribution in [2.45, 2.75) is 6.42 Å². The van der Waals surface area contributed by atoms with Gasteiger partial charge in [0.1, 0.15) is 11.5 Å². The summed E-state index contributed by atoms with van der Waals surface area (Å²) in [6, 6.07) is 9.40. The summed E-state index contributed by atoms with van der Waals surface area (Å²) in [5.41, 5.74) is 1.28. The van der Waals surface area contributed by atoms with Gasteiger partial charge in [0.05, 0.1) is 6.42 Å². The van der Waals surface area contributed by atoms with Gasteiger partial charge in [-0.25, -0.2) is 0 Å². The van der Waals surface area contributed by atoms with Crippen molar-refractivity contribution < 1.29 is 19.8 Å². The third-order valence-corrected chi connectivity index (χ3v) is 4.65. The van der Waals surface area contributed by atoms with Crippen molar-refractivity contribution in [1.29, 1.82) is 0 Å². The number of benzene rings is 2. The van der Waals surface area contributed by atoms with Crippen molar-refractivity contribution in [3.8, 4) is 11.5 Å². The first-order chi connectivity index (χ1) is 11.8. The molecule has 0 radical (unpaired) electrons. The molecule has 0 fully saturated rings. The SMILES string of the molecule is O=C(/C=C/c1cc(O)ccc1Br)CC(=O)/C=C/c1cc(O)ccc1Br. The Kier molecular flexibility index (Phi) is 6.73. The first kappa shape index (κ1) is 19.1. The largest absolute Gasteiger partial charge is 0.508 e. The molecule has 0 saturated heterocycles. The van der Waals surface area contributed by atoms with Crippen LogP contribution in [0.15, 0.2) is 57.5 Å². The first-order valence-electron chi connectivity index (χ1n) is 7.24. The summed E-state index contributed by atoms with van der Waals surface area (Å²) in [5, 5.41) is 18.9. The average molecular weight is 466 g/mol. The van der Waals surface area contributed by atoms with E-state index in [0.717, 1.165) is 8.95 Å². The molecule has 0 spiro atoms. The Morgan fingerprint density at radius 1 is 0.800 bits per heavy atom. The van der Waals surface area contributed by atoms with E-state index in [0.29, 0.717) is 11.1 Å². The van der Waals surface area contributed by atoms with Gasteiger partial charge in [0.15, 0.2) is 11.6 Å². The Balaban J connectivity index is 1.99. The van der Waals surface area contributed by atoms with Crippen LogP contribution in [0.4, 0.5) is 0 Å². The second-order valence-corrected chi connectivity index (χ2v) is 6.90. The molecule has 2 N–H and O–H groups in total. The van der Waals surface area contributed by atoms with Gasteiger partial charge in [-0.1, -0.05) is 44.0 Å². The standard InChI is InChI=1S/C19H14Br2O4/c20-18-7-5-14(22)9-12(18)1-3-16(24)11-17(25)4-2-13-10-15(23)6-8-19(13)21/h1-10,22-23H,11H2/b3-1+,4-2+. The third-order valence-electron chi connectivity index (χ3n) is 3.21. The smallest absolute Gasteiger partial charge is 0.163 e. The number of hydrogen-bond donors (Lipinski definition) is 2. The fourth-order valence-electron chi connectivity index (χ4n) is 1.97. The number of carbonyl (C=O) groups excluding carboxylic acids is 2. The Morgan fingerprint density at radius 3 is 1.60 bits per heavy atom. The second kappa shape index (κ2) is 8.78. The Bertz CT molecular complexity index is 798. The monoisotopic (exact) mass is 464 g/mol. The zero-order chi connectivity index (χ0) is 18.4. The number of ketones is 2. The zero-order valence-corrected chi connectivity index (χ0v) is 16.1. The summed E-state index contributed by atoms with van der Waals surface area (Å²) in [7, 11) is 0. The lowest BCUT2D eigenvalue weighted by Gasteiger charge is -2.00. The molecule has 0 bridgehead atoms. The number of allylic oxidation sites excluding steroid dienone is 2. The van der Waals surface area contributed by atoms with Crippen LogP contribution in [0.2, 0.25) is 0 Å². The lowest BCUT2D eigenvalue weighted by Crippen LogP contribution is -2.01. The molecule has 0 saturated carbocycles. The summed E-state index contributed by atoms with van der Waals surface area (Å²) < 4.78 is 1.46. The number of phenols is 2. The van der Waals surface area contributed by atoms with E-state index in [1.54, 1.807) is 12.1 Å². The van der Waals surface area contributed by atoms with Crippen LogP contribution in [0.5, 0.6) is 11.5 Å². The van der Waals surface area contributed by atoms with Crippen molar-refractivity contribution in [3.63, 3.8) is 0 Å². The molecule has 0 amide bonds. The number of carbonyl (C=O) groups is 2. The molecule has 6 heteroatoms. The Labute approximate surface area is 161 Å². The molecule has 0 atom stereocenters. The van der Waals surface area contributed by atoms with Crippen LogP contribution in [0.3, 0.4) is 0 Å². The molecule has 0 aliphatic heterocycles. The maximum Gasteiger partial charge on any atom is 0.163 e. The van der Waals surface area contributed by atoms with E-state index in [1.807, 2.05) is 0 Å². The minimum Gasteiger partial charge on any atom is -0.508 e. The molecule has 0 unspecified atom stereocenters. The molecular weight excluding hydrogens is 452 g/mol. The lowest BCUT2D eigenvalue weighted by atomic mass is 10.1. The lowest BCUT2D eigenvalue weighted by molar-refractivity contribution is -0.121. The van der Waals surface area contributed by atoms with Gasteiger partial charge in [-0.2, -0.15) is 0 Å². The first-order valence-corrected chi connectivity index (χ1v) is 8.82. The highest BCUT2D eigenvalue weighted by Crippen LogP contribution is 2.24. The normalized spacial score (nSPS) is 11.3. The van der Waals surface area contributed by atoms with Crippen molar-refractivity contribution in [3.05, 3.63) is 68.6 Å². The van der Waals surface area contributed by atoms with Crippen LogP contribution >= 0.6 is 31.9 Å². The van der Waals surface area contributed by atoms with Crippen LogP contribution < -0.4 is 0 Å². The molecule has 128 valence electrons. The van der Waals surface area contributed by atoms with Gasteiger partial charge in [-0.05, 0) is 59.7 Å². The Hall–Kier alpha value is -2.18. The molecular formula is C19H14Br2O4. The quantitative estimate of drug-likeness (QED) is 0.471. The third kappa shape index (κ3) is 5.99. The molecule has 25 heavy (non-hydrogen) atoms. The van der Waals surface area contributed by atoms with Crippen LogP contribution in [0.25, 0.3) is 12.2 Å². The minimum absolute atomic E-state index is 0.0889. The fourth-order valence-corrected chi connectivity index (χ4v) is 2.73. The van der Waals surface area contributed by atoms with E-state index in [1.165, 1.54) is 48.6 Å².